The third-order valence-electron chi connectivity index (χ3n) is 2.88. The lowest BCUT2D eigenvalue weighted by atomic mass is 10.2. The lowest BCUT2D eigenvalue weighted by Crippen LogP contribution is -2.15. The minimum absolute atomic E-state index is 0.395. The molecule has 1 aliphatic carbocycles. The summed E-state index contributed by atoms with van der Waals surface area (Å²) >= 11 is 0. The minimum atomic E-state index is 0.395. The van der Waals surface area contributed by atoms with Gasteiger partial charge < -0.3 is 14.8 Å². The van der Waals surface area contributed by atoms with Crippen molar-refractivity contribution in [3.63, 3.8) is 0 Å². The lowest BCUT2D eigenvalue weighted by Gasteiger charge is -2.11. The summed E-state index contributed by atoms with van der Waals surface area (Å²) in [4.78, 5) is 0. The zero-order chi connectivity index (χ0) is 12.8. The van der Waals surface area contributed by atoms with Gasteiger partial charge in [0.15, 0.2) is 11.5 Å². The highest BCUT2D eigenvalue weighted by Gasteiger charge is 2.20. The first kappa shape index (κ1) is 12.8. The van der Waals surface area contributed by atoms with Gasteiger partial charge in [0.2, 0.25) is 0 Å². The molecule has 0 aromatic heterocycles. The van der Waals surface area contributed by atoms with Crippen LogP contribution in [0.5, 0.6) is 11.5 Å². The highest BCUT2D eigenvalue weighted by atomic mass is 16.5. The molecule has 3 nitrogen and oxygen atoms in total. The average Bonchev–Trinajstić information content (AvgIpc) is 3.21. The fraction of sp³-hybridized carbons (Fsp3) is 0.467. The quantitative estimate of drug-likeness (QED) is 0.780. The van der Waals surface area contributed by atoms with E-state index < -0.39 is 0 Å². The minimum Gasteiger partial charge on any atom is -0.493 e. The highest BCUT2D eigenvalue weighted by molar-refractivity contribution is 5.43. The van der Waals surface area contributed by atoms with E-state index in [4.69, 9.17) is 9.47 Å². The summed E-state index contributed by atoms with van der Waals surface area (Å²) in [6.45, 7) is 3.08. The van der Waals surface area contributed by atoms with E-state index in [9.17, 15) is 0 Å². The molecule has 96 valence electrons. The second kappa shape index (κ2) is 6.32. The van der Waals surface area contributed by atoms with Crippen molar-refractivity contribution in [1.82, 2.24) is 5.32 Å². The average molecular weight is 245 g/mol. The van der Waals surface area contributed by atoms with E-state index in [-0.39, 0.29) is 0 Å². The Labute approximate surface area is 108 Å². The van der Waals surface area contributed by atoms with Crippen LogP contribution in [0.4, 0.5) is 0 Å². The summed E-state index contributed by atoms with van der Waals surface area (Å²) in [6.07, 6.45) is 2.60. The number of ether oxygens (including phenoxy) is 2. The molecule has 1 fully saturated rings. The van der Waals surface area contributed by atoms with Crippen molar-refractivity contribution in [2.24, 2.45) is 0 Å². The molecule has 1 aromatic rings. The molecule has 1 aromatic carbocycles. The van der Waals surface area contributed by atoms with Gasteiger partial charge in [-0.15, -0.1) is 5.92 Å². The standard InChI is InChI=1S/C15H19NO2/c1-3-4-9-18-14-8-5-12(10-15(14)17-2)11-16-13-6-7-13/h5,8,10,13,16H,6-7,9,11H2,1-2H3. The molecule has 0 amide bonds. The van der Waals surface area contributed by atoms with Gasteiger partial charge in [0.25, 0.3) is 0 Å². The van der Waals surface area contributed by atoms with E-state index in [0.717, 1.165) is 18.0 Å². The van der Waals surface area contributed by atoms with Crippen LogP contribution in [-0.2, 0) is 6.54 Å². The lowest BCUT2D eigenvalue weighted by molar-refractivity contribution is 0.330. The molecule has 1 N–H and O–H groups in total. The van der Waals surface area contributed by atoms with E-state index in [2.05, 4.69) is 23.2 Å². The van der Waals surface area contributed by atoms with Gasteiger partial charge in [-0.3, -0.25) is 0 Å². The van der Waals surface area contributed by atoms with Gasteiger partial charge >= 0.3 is 0 Å². The molecule has 0 unspecified atom stereocenters. The predicted molar refractivity (Wildman–Crippen MR) is 71.8 cm³/mol. The first-order chi connectivity index (χ1) is 8.83. The van der Waals surface area contributed by atoms with Crippen LogP contribution in [0, 0.1) is 11.8 Å². The fourth-order valence-electron chi connectivity index (χ4n) is 1.68. The van der Waals surface area contributed by atoms with Gasteiger partial charge in [-0.2, -0.15) is 0 Å². The normalized spacial score (nSPS) is 13.7. The second-order valence-corrected chi connectivity index (χ2v) is 4.36. The van der Waals surface area contributed by atoms with Crippen LogP contribution >= 0.6 is 0 Å². The van der Waals surface area contributed by atoms with Crippen LogP contribution in [0.15, 0.2) is 18.2 Å². The molecule has 0 heterocycles. The number of methoxy groups -OCH3 is 1. The third kappa shape index (κ3) is 3.68. The molecule has 0 spiro atoms. The van der Waals surface area contributed by atoms with Gasteiger partial charge in [-0.25, -0.2) is 0 Å². The molecule has 3 heteroatoms. The number of hydrogen-bond acceptors (Lipinski definition) is 3. The van der Waals surface area contributed by atoms with Crippen LogP contribution < -0.4 is 14.8 Å². The number of nitrogens with one attached hydrogen (secondary N) is 1. The molecule has 0 atom stereocenters. The van der Waals surface area contributed by atoms with Crippen LogP contribution in [0.25, 0.3) is 0 Å². The summed E-state index contributed by atoms with van der Waals surface area (Å²) < 4.78 is 10.9. The van der Waals surface area contributed by atoms with E-state index >= 15 is 0 Å². The van der Waals surface area contributed by atoms with Gasteiger partial charge in [0.1, 0.15) is 6.61 Å². The maximum Gasteiger partial charge on any atom is 0.162 e. The maximum absolute atomic E-state index is 5.54. The summed E-state index contributed by atoms with van der Waals surface area (Å²) in [5.41, 5.74) is 1.22. The molecule has 0 radical (unpaired) electrons. The van der Waals surface area contributed by atoms with Gasteiger partial charge in [-0.1, -0.05) is 12.0 Å². The Kier molecular flexibility index (Phi) is 4.49. The second-order valence-electron chi connectivity index (χ2n) is 4.36. The molecule has 0 aliphatic heterocycles. The highest BCUT2D eigenvalue weighted by Crippen LogP contribution is 2.28. The molecule has 18 heavy (non-hydrogen) atoms. The van der Waals surface area contributed by atoms with E-state index in [1.807, 2.05) is 12.1 Å². The van der Waals surface area contributed by atoms with E-state index in [1.165, 1.54) is 18.4 Å². The molecule has 1 saturated carbocycles. The van der Waals surface area contributed by atoms with Gasteiger partial charge in [0.05, 0.1) is 7.11 Å². The van der Waals surface area contributed by atoms with Crippen molar-refractivity contribution in [3.8, 4) is 23.3 Å². The molecule has 2 rings (SSSR count). The number of rotatable bonds is 6. The first-order valence-corrected chi connectivity index (χ1v) is 6.26. The number of hydrogen-bond donors (Lipinski definition) is 1. The van der Waals surface area contributed by atoms with Crippen molar-refractivity contribution < 1.29 is 9.47 Å². The van der Waals surface area contributed by atoms with Gasteiger partial charge in [-0.05, 0) is 37.5 Å². The van der Waals surface area contributed by atoms with Crippen LogP contribution in [-0.4, -0.2) is 19.8 Å². The zero-order valence-corrected chi connectivity index (χ0v) is 11.0. The number of benzene rings is 1. The summed E-state index contributed by atoms with van der Waals surface area (Å²) in [6, 6.07) is 6.74. The van der Waals surface area contributed by atoms with Crippen LogP contribution in [0.1, 0.15) is 25.3 Å². The Morgan fingerprint density at radius 2 is 2.17 bits per heavy atom. The molecular weight excluding hydrogens is 226 g/mol. The first-order valence-electron chi connectivity index (χ1n) is 6.26. The predicted octanol–water partition coefficient (Wildman–Crippen LogP) is 2.35. The van der Waals surface area contributed by atoms with Crippen molar-refractivity contribution in [2.75, 3.05) is 13.7 Å². The zero-order valence-electron chi connectivity index (χ0n) is 11.0. The molecular formula is C15H19NO2. The van der Waals surface area contributed by atoms with Crippen LogP contribution in [0.3, 0.4) is 0 Å². The maximum atomic E-state index is 5.54. The Morgan fingerprint density at radius 1 is 1.33 bits per heavy atom. The largest absolute Gasteiger partial charge is 0.493 e. The fourth-order valence-corrected chi connectivity index (χ4v) is 1.68. The van der Waals surface area contributed by atoms with Crippen LogP contribution in [0.2, 0.25) is 0 Å². The Hall–Kier alpha value is -1.66. The van der Waals surface area contributed by atoms with Gasteiger partial charge in [0, 0.05) is 12.6 Å². The Morgan fingerprint density at radius 3 is 2.83 bits per heavy atom. The van der Waals surface area contributed by atoms with Crippen molar-refractivity contribution in [3.05, 3.63) is 23.8 Å². The van der Waals surface area contributed by atoms with E-state index in [1.54, 1.807) is 14.0 Å². The summed E-state index contributed by atoms with van der Waals surface area (Å²) in [7, 11) is 1.66. The van der Waals surface area contributed by atoms with Crippen molar-refractivity contribution in [2.45, 2.75) is 32.4 Å². The summed E-state index contributed by atoms with van der Waals surface area (Å²) in [5.74, 6) is 7.18. The topological polar surface area (TPSA) is 30.5 Å². The molecule has 0 bridgehead atoms. The molecule has 0 saturated heterocycles. The van der Waals surface area contributed by atoms with E-state index in [0.29, 0.717) is 12.6 Å². The third-order valence-corrected chi connectivity index (χ3v) is 2.88. The van der Waals surface area contributed by atoms with Crippen molar-refractivity contribution in [1.29, 1.82) is 0 Å². The van der Waals surface area contributed by atoms with Crippen molar-refractivity contribution >= 4 is 0 Å². The summed E-state index contributed by atoms with van der Waals surface area (Å²) in [5, 5.41) is 3.48. The Balaban J connectivity index is 1.98. The smallest absolute Gasteiger partial charge is 0.162 e. The Bertz CT molecular complexity index is 455. The molecule has 1 aliphatic rings. The monoisotopic (exact) mass is 245 g/mol. The SMILES string of the molecule is CC#CCOc1ccc(CNC2CC2)cc1OC.